The lowest BCUT2D eigenvalue weighted by Crippen LogP contribution is -2.32. The van der Waals surface area contributed by atoms with Gasteiger partial charge < -0.3 is 5.32 Å². The van der Waals surface area contributed by atoms with Crippen molar-refractivity contribution in [1.29, 1.82) is 0 Å². The van der Waals surface area contributed by atoms with Gasteiger partial charge in [-0.3, -0.25) is 9.59 Å². The molecule has 0 fully saturated rings. The van der Waals surface area contributed by atoms with Gasteiger partial charge in [0.25, 0.3) is 0 Å². The molecule has 3 rings (SSSR count). The third-order valence-electron chi connectivity index (χ3n) is 3.83. The summed E-state index contributed by atoms with van der Waals surface area (Å²) in [6.07, 6.45) is 1.51. The molecule has 0 aromatic heterocycles. The number of carbonyl (C=O) groups is 2. The highest BCUT2D eigenvalue weighted by Crippen LogP contribution is 2.20. The van der Waals surface area contributed by atoms with Gasteiger partial charge in [-0.15, -0.1) is 0 Å². The summed E-state index contributed by atoms with van der Waals surface area (Å²) in [7, 11) is 0. The smallest absolute Gasteiger partial charge is 0.318 e. The summed E-state index contributed by atoms with van der Waals surface area (Å²) in [5.74, 6) is -1.68. The number of nitrogens with zero attached hydrogens (tertiary/aromatic N) is 1. The first-order valence-corrected chi connectivity index (χ1v) is 8.31. The predicted molar refractivity (Wildman–Crippen MR) is 105 cm³/mol. The van der Waals surface area contributed by atoms with Crippen molar-refractivity contribution in [2.24, 2.45) is 5.10 Å². The zero-order valence-corrected chi connectivity index (χ0v) is 14.7. The fourth-order valence-corrected chi connectivity index (χ4v) is 2.61. The molecule has 0 unspecified atom stereocenters. The second-order valence-corrected chi connectivity index (χ2v) is 6.09. The van der Waals surface area contributed by atoms with Crippen molar-refractivity contribution >= 4 is 46.1 Å². The molecule has 0 saturated heterocycles. The Kier molecular flexibility index (Phi) is 5.29. The summed E-state index contributed by atoms with van der Waals surface area (Å²) >= 11 is 6.00. The molecule has 0 radical (unpaired) electrons. The van der Waals surface area contributed by atoms with Gasteiger partial charge in [-0.05, 0) is 35.4 Å². The maximum absolute atomic E-state index is 11.9. The molecule has 26 heavy (non-hydrogen) atoms. The maximum Gasteiger partial charge on any atom is 0.329 e. The molecule has 6 heteroatoms. The second-order valence-electron chi connectivity index (χ2n) is 5.69. The van der Waals surface area contributed by atoms with Crippen LogP contribution in [-0.4, -0.2) is 18.0 Å². The molecule has 2 N–H and O–H groups in total. The highest BCUT2D eigenvalue weighted by atomic mass is 35.5. The van der Waals surface area contributed by atoms with Crippen LogP contribution < -0.4 is 10.7 Å². The van der Waals surface area contributed by atoms with Crippen LogP contribution in [0.5, 0.6) is 0 Å². The minimum absolute atomic E-state index is 0.443. The van der Waals surface area contributed by atoms with Gasteiger partial charge in [0.2, 0.25) is 0 Å². The first-order chi connectivity index (χ1) is 12.5. The van der Waals surface area contributed by atoms with Gasteiger partial charge in [0, 0.05) is 16.3 Å². The molecule has 0 aliphatic carbocycles. The Bertz CT molecular complexity index is 1010. The average molecular weight is 366 g/mol. The van der Waals surface area contributed by atoms with E-state index in [-0.39, 0.29) is 0 Å². The molecule has 0 heterocycles. The minimum Gasteiger partial charge on any atom is -0.318 e. The molecule has 2 amide bonds. The van der Waals surface area contributed by atoms with Crippen LogP contribution in [0, 0.1) is 6.92 Å². The fraction of sp³-hybridized carbons (Fsp3) is 0.0500. The fourth-order valence-electron chi connectivity index (χ4n) is 2.43. The average Bonchev–Trinajstić information content (AvgIpc) is 2.65. The summed E-state index contributed by atoms with van der Waals surface area (Å²) in [5.41, 5.74) is 4.40. The number of hydrogen-bond donors (Lipinski definition) is 2. The van der Waals surface area contributed by atoms with Crippen LogP contribution in [0.4, 0.5) is 5.69 Å². The number of carbonyl (C=O) groups excluding carboxylic acids is 2. The quantitative estimate of drug-likeness (QED) is 0.420. The van der Waals surface area contributed by atoms with Gasteiger partial charge in [-0.1, -0.05) is 60.1 Å². The van der Waals surface area contributed by atoms with Gasteiger partial charge in [-0.2, -0.15) is 5.10 Å². The normalized spacial score (nSPS) is 10.8. The molecule has 5 nitrogen and oxygen atoms in total. The van der Waals surface area contributed by atoms with Gasteiger partial charge >= 0.3 is 11.8 Å². The van der Waals surface area contributed by atoms with Crippen molar-refractivity contribution in [1.82, 2.24) is 5.43 Å². The first-order valence-electron chi connectivity index (χ1n) is 7.93. The Labute approximate surface area is 155 Å². The number of benzene rings is 3. The zero-order chi connectivity index (χ0) is 18.5. The third kappa shape index (κ3) is 4.07. The summed E-state index contributed by atoms with van der Waals surface area (Å²) in [6.45, 7) is 1.85. The summed E-state index contributed by atoms with van der Waals surface area (Å²) in [5, 5.41) is 8.94. The van der Waals surface area contributed by atoms with Crippen LogP contribution in [0.25, 0.3) is 10.8 Å². The van der Waals surface area contributed by atoms with Gasteiger partial charge in [0.15, 0.2) is 0 Å². The molecule has 0 saturated carbocycles. The van der Waals surface area contributed by atoms with E-state index < -0.39 is 11.8 Å². The van der Waals surface area contributed by atoms with Crippen LogP contribution in [0.15, 0.2) is 65.8 Å². The van der Waals surface area contributed by atoms with Crippen molar-refractivity contribution in [2.75, 3.05) is 5.32 Å². The van der Waals surface area contributed by atoms with E-state index in [1.54, 1.807) is 18.2 Å². The number of hydrazone groups is 1. The Morgan fingerprint density at radius 1 is 1.00 bits per heavy atom. The Morgan fingerprint density at radius 2 is 1.77 bits per heavy atom. The summed E-state index contributed by atoms with van der Waals surface area (Å²) < 4.78 is 0. The number of aryl methyl sites for hydroxylation is 1. The lowest BCUT2D eigenvalue weighted by molar-refractivity contribution is -0.136. The number of fused-ring (bicyclic) bond motifs is 1. The molecule has 0 bridgehead atoms. The molecule has 0 atom stereocenters. The molecular weight excluding hydrogens is 350 g/mol. The predicted octanol–water partition coefficient (Wildman–Crippen LogP) is 3.89. The van der Waals surface area contributed by atoms with Crippen molar-refractivity contribution in [3.05, 3.63) is 76.8 Å². The highest BCUT2D eigenvalue weighted by Gasteiger charge is 2.13. The monoisotopic (exact) mass is 365 g/mol. The second kappa shape index (κ2) is 7.80. The van der Waals surface area contributed by atoms with E-state index in [1.165, 1.54) is 6.21 Å². The Balaban J connectivity index is 1.65. The van der Waals surface area contributed by atoms with Crippen LogP contribution in [0.2, 0.25) is 5.02 Å². The number of amides is 2. The molecular formula is C20H16ClN3O2. The molecule has 3 aromatic rings. The van der Waals surface area contributed by atoms with Crippen LogP contribution in [0.3, 0.4) is 0 Å². The Morgan fingerprint density at radius 3 is 2.58 bits per heavy atom. The number of halogens is 1. The number of hydrogen-bond acceptors (Lipinski definition) is 3. The van der Waals surface area contributed by atoms with E-state index >= 15 is 0 Å². The zero-order valence-electron chi connectivity index (χ0n) is 14.0. The van der Waals surface area contributed by atoms with Crippen molar-refractivity contribution in [2.45, 2.75) is 6.92 Å². The standard InChI is InChI=1S/C20H16ClN3O2/c1-13-9-10-16(11-18(13)21)23-19(25)20(26)24-22-12-15-7-4-6-14-5-2-3-8-17(14)15/h2-12H,1H3,(H,23,25)(H,24,26)/b22-12-. The first kappa shape index (κ1) is 17.6. The van der Waals surface area contributed by atoms with Crippen molar-refractivity contribution < 1.29 is 9.59 Å². The summed E-state index contributed by atoms with van der Waals surface area (Å²) in [6, 6.07) is 18.6. The van der Waals surface area contributed by atoms with Crippen molar-refractivity contribution in [3.63, 3.8) is 0 Å². The number of nitrogens with one attached hydrogen (secondary N) is 2. The topological polar surface area (TPSA) is 70.6 Å². The van der Waals surface area contributed by atoms with Gasteiger partial charge in [0.1, 0.15) is 0 Å². The van der Waals surface area contributed by atoms with Gasteiger partial charge in [-0.25, -0.2) is 5.43 Å². The van der Waals surface area contributed by atoms with E-state index in [0.717, 1.165) is 21.9 Å². The van der Waals surface area contributed by atoms with Crippen molar-refractivity contribution in [3.8, 4) is 0 Å². The molecule has 3 aromatic carbocycles. The largest absolute Gasteiger partial charge is 0.329 e. The third-order valence-corrected chi connectivity index (χ3v) is 4.24. The van der Waals surface area contributed by atoms with E-state index in [0.29, 0.717) is 10.7 Å². The van der Waals surface area contributed by atoms with Crippen LogP contribution >= 0.6 is 11.6 Å². The van der Waals surface area contributed by atoms with E-state index in [9.17, 15) is 9.59 Å². The number of anilines is 1. The van der Waals surface area contributed by atoms with E-state index in [2.05, 4.69) is 15.8 Å². The van der Waals surface area contributed by atoms with E-state index in [1.807, 2.05) is 49.4 Å². The molecule has 0 aliphatic rings. The van der Waals surface area contributed by atoms with E-state index in [4.69, 9.17) is 11.6 Å². The van der Waals surface area contributed by atoms with Crippen LogP contribution in [0.1, 0.15) is 11.1 Å². The summed E-state index contributed by atoms with van der Waals surface area (Å²) in [4.78, 5) is 23.8. The lowest BCUT2D eigenvalue weighted by atomic mass is 10.1. The highest BCUT2D eigenvalue weighted by molar-refractivity contribution is 6.39. The SMILES string of the molecule is Cc1ccc(NC(=O)C(=O)N/N=C\c2cccc3ccccc23)cc1Cl. The lowest BCUT2D eigenvalue weighted by Gasteiger charge is -2.06. The minimum atomic E-state index is -0.863. The molecule has 0 aliphatic heterocycles. The molecule has 130 valence electrons. The Hall–Kier alpha value is -3.18. The van der Waals surface area contributed by atoms with Gasteiger partial charge in [0.05, 0.1) is 6.21 Å². The van der Waals surface area contributed by atoms with Crippen LogP contribution in [-0.2, 0) is 9.59 Å². The number of rotatable bonds is 3. The molecule has 0 spiro atoms. The maximum atomic E-state index is 11.9.